The van der Waals surface area contributed by atoms with Gasteiger partial charge in [0.15, 0.2) is 0 Å². The van der Waals surface area contributed by atoms with Crippen molar-refractivity contribution in [2.24, 2.45) is 0 Å². The Labute approximate surface area is 171 Å². The number of carbonyl (C=O) groups is 1. The van der Waals surface area contributed by atoms with Crippen molar-refractivity contribution < 1.29 is 10.1 Å². The average molecular weight is 448 g/mol. The summed E-state index contributed by atoms with van der Waals surface area (Å²) < 4.78 is 0.971. The average Bonchev–Trinajstić information content (AvgIpc) is 3.07. The minimum absolute atomic E-state index is 0.00325. The van der Waals surface area contributed by atoms with Crippen LogP contribution in [-0.2, 0) is 6.42 Å². The van der Waals surface area contributed by atoms with Gasteiger partial charge in [-0.05, 0) is 35.9 Å². The molecule has 0 bridgehead atoms. The molecule has 27 heavy (non-hydrogen) atoms. The predicted molar refractivity (Wildman–Crippen MR) is 112 cm³/mol. The first-order valence-corrected chi connectivity index (χ1v) is 10.4. The number of hydrogen-bond donors (Lipinski definition) is 3. The van der Waals surface area contributed by atoms with Gasteiger partial charge in [0.2, 0.25) is 0 Å². The van der Waals surface area contributed by atoms with Crippen molar-refractivity contribution >= 4 is 44.3 Å². The summed E-state index contributed by atoms with van der Waals surface area (Å²) in [5.74, 6) is -0.00325. The first-order valence-electron chi connectivity index (χ1n) is 9.24. The van der Waals surface area contributed by atoms with Gasteiger partial charge in [-0.2, -0.15) is 0 Å². The van der Waals surface area contributed by atoms with Gasteiger partial charge in [0.05, 0.1) is 18.2 Å². The monoisotopic (exact) mass is 446 g/mol. The molecule has 2 atom stereocenters. The first kappa shape index (κ1) is 18.5. The fraction of sp³-hybridized carbons (Fsp3) is 0.286. The second-order valence-electron chi connectivity index (χ2n) is 7.20. The van der Waals surface area contributed by atoms with Crippen molar-refractivity contribution in [3.63, 3.8) is 0 Å². The Hall–Kier alpha value is -1.82. The molecule has 4 rings (SSSR count). The number of aromatic amines is 1. The van der Waals surface area contributed by atoms with Crippen LogP contribution < -0.4 is 10.6 Å². The Morgan fingerprint density at radius 1 is 1.26 bits per heavy atom. The van der Waals surface area contributed by atoms with Crippen molar-refractivity contribution in [1.29, 1.82) is 0 Å². The van der Waals surface area contributed by atoms with Crippen LogP contribution in [0, 0.1) is 0 Å². The van der Waals surface area contributed by atoms with Crippen LogP contribution in [0.3, 0.4) is 0 Å². The number of nitrogens with two attached hydrogens (primary N) is 1. The lowest BCUT2D eigenvalue weighted by molar-refractivity contribution is -0.697. The molecule has 2 heterocycles. The number of amides is 1. The van der Waals surface area contributed by atoms with Crippen LogP contribution in [0.5, 0.6) is 0 Å². The van der Waals surface area contributed by atoms with Gasteiger partial charge in [-0.3, -0.25) is 4.79 Å². The summed E-state index contributed by atoms with van der Waals surface area (Å²) >= 11 is 9.46. The fourth-order valence-electron chi connectivity index (χ4n) is 3.88. The topological polar surface area (TPSA) is 61.5 Å². The number of H-pyrrole nitrogens is 1. The Morgan fingerprint density at radius 3 is 2.89 bits per heavy atom. The van der Waals surface area contributed by atoms with Crippen LogP contribution in [0.25, 0.3) is 10.9 Å². The van der Waals surface area contributed by atoms with Gasteiger partial charge < -0.3 is 15.6 Å². The molecule has 6 heteroatoms. The number of nitrogens with one attached hydrogen (secondary N) is 2. The number of carbonyl (C=O) groups excluding carboxylic acids is 1. The molecule has 1 amide bonds. The minimum atomic E-state index is -0.00325. The van der Waals surface area contributed by atoms with Gasteiger partial charge in [-0.1, -0.05) is 39.7 Å². The lowest BCUT2D eigenvalue weighted by Crippen LogP contribution is -2.93. The third-order valence-corrected chi connectivity index (χ3v) is 5.98. The fourth-order valence-corrected chi connectivity index (χ4v) is 4.36. The van der Waals surface area contributed by atoms with E-state index in [1.165, 1.54) is 5.56 Å². The smallest absolute Gasteiger partial charge is 0.253 e. The molecular formula is C21H22BrClN3O+. The molecule has 0 unspecified atom stereocenters. The van der Waals surface area contributed by atoms with E-state index >= 15 is 0 Å². The zero-order valence-electron chi connectivity index (χ0n) is 14.8. The number of aromatic nitrogens is 1. The summed E-state index contributed by atoms with van der Waals surface area (Å²) in [6.45, 7) is 1.03. The maximum atomic E-state index is 12.8. The normalized spacial score (nSPS) is 19.9. The molecule has 1 aromatic heterocycles. The highest BCUT2D eigenvalue weighted by Gasteiger charge is 2.27. The second kappa shape index (κ2) is 8.05. The van der Waals surface area contributed by atoms with Gasteiger partial charge in [-0.15, -0.1) is 0 Å². The third kappa shape index (κ3) is 4.37. The maximum Gasteiger partial charge on any atom is 0.253 e. The molecule has 0 spiro atoms. The van der Waals surface area contributed by atoms with Crippen LogP contribution in [0.2, 0.25) is 5.02 Å². The standard InChI is InChI=1S/C21H21BrClN3O/c22-14-3-6-20-18(10-14)19(12-25-20)21(27)26-16-7-8-24-17(11-16)9-13-1-4-15(23)5-2-13/h1-6,10,12,16-17,24-25H,7-9,11H2,(H,26,27)/p+1/t16-,17+/m0/s1. The molecule has 0 aliphatic carbocycles. The lowest BCUT2D eigenvalue weighted by atomic mass is 9.94. The molecule has 4 nitrogen and oxygen atoms in total. The summed E-state index contributed by atoms with van der Waals surface area (Å²) in [7, 11) is 0. The van der Waals surface area contributed by atoms with Crippen molar-refractivity contribution in [3.8, 4) is 0 Å². The van der Waals surface area contributed by atoms with E-state index in [2.05, 4.69) is 43.7 Å². The highest BCUT2D eigenvalue weighted by Crippen LogP contribution is 2.23. The van der Waals surface area contributed by atoms with Crippen LogP contribution in [-0.4, -0.2) is 29.5 Å². The molecule has 1 aliphatic rings. The van der Waals surface area contributed by atoms with E-state index in [0.29, 0.717) is 11.6 Å². The number of halogens is 2. The summed E-state index contributed by atoms with van der Waals surface area (Å²) in [6.07, 6.45) is 4.76. The second-order valence-corrected chi connectivity index (χ2v) is 8.55. The van der Waals surface area contributed by atoms with Crippen LogP contribution in [0.1, 0.15) is 28.8 Å². The van der Waals surface area contributed by atoms with E-state index in [4.69, 9.17) is 11.6 Å². The molecule has 1 saturated heterocycles. The molecule has 0 radical (unpaired) electrons. The van der Waals surface area contributed by atoms with Crippen LogP contribution in [0.4, 0.5) is 0 Å². The third-order valence-electron chi connectivity index (χ3n) is 5.24. The van der Waals surface area contributed by atoms with Gasteiger partial charge in [-0.25, -0.2) is 0 Å². The van der Waals surface area contributed by atoms with Gasteiger partial charge in [0, 0.05) is 51.9 Å². The van der Waals surface area contributed by atoms with Crippen LogP contribution >= 0.6 is 27.5 Å². The van der Waals surface area contributed by atoms with Gasteiger partial charge >= 0.3 is 0 Å². The molecule has 3 aromatic rings. The van der Waals surface area contributed by atoms with E-state index in [9.17, 15) is 4.79 Å². The summed E-state index contributed by atoms with van der Waals surface area (Å²) in [4.78, 5) is 16.0. The van der Waals surface area contributed by atoms with E-state index in [0.717, 1.165) is 46.2 Å². The molecule has 2 aromatic carbocycles. The highest BCUT2D eigenvalue weighted by atomic mass is 79.9. The Morgan fingerprint density at radius 2 is 2.07 bits per heavy atom. The summed E-state index contributed by atoms with van der Waals surface area (Å²) in [6, 6.07) is 14.7. The zero-order chi connectivity index (χ0) is 18.8. The summed E-state index contributed by atoms with van der Waals surface area (Å²) in [5, 5.41) is 7.34. The number of quaternary nitrogens is 1. The van der Waals surface area contributed by atoms with Gasteiger partial charge in [0.1, 0.15) is 0 Å². The number of fused-ring (bicyclic) bond motifs is 1. The SMILES string of the molecule is O=C(N[C@H]1CC[NH2+][C@H](Cc2ccc(Cl)cc2)C1)c1c[nH]c2ccc(Br)cc12. The molecule has 140 valence electrons. The molecular weight excluding hydrogens is 426 g/mol. The van der Waals surface area contributed by atoms with E-state index < -0.39 is 0 Å². The quantitative estimate of drug-likeness (QED) is 0.562. The summed E-state index contributed by atoms with van der Waals surface area (Å²) in [5.41, 5.74) is 2.96. The Balaban J connectivity index is 1.41. The molecule has 0 saturated carbocycles. The largest absolute Gasteiger partial charge is 0.360 e. The number of piperidine rings is 1. The number of benzene rings is 2. The number of hydrogen-bond acceptors (Lipinski definition) is 1. The first-order chi connectivity index (χ1) is 13.1. The maximum absolute atomic E-state index is 12.8. The lowest BCUT2D eigenvalue weighted by Gasteiger charge is -2.28. The van der Waals surface area contributed by atoms with Gasteiger partial charge in [0.25, 0.3) is 5.91 Å². The minimum Gasteiger partial charge on any atom is -0.360 e. The van der Waals surface area contributed by atoms with E-state index in [-0.39, 0.29) is 11.9 Å². The molecule has 4 N–H and O–H groups in total. The van der Waals surface area contributed by atoms with Crippen molar-refractivity contribution in [1.82, 2.24) is 10.3 Å². The molecule has 1 fully saturated rings. The molecule has 1 aliphatic heterocycles. The van der Waals surface area contributed by atoms with E-state index in [1.54, 1.807) is 6.20 Å². The van der Waals surface area contributed by atoms with Crippen molar-refractivity contribution in [3.05, 3.63) is 69.3 Å². The Bertz CT molecular complexity index is 954. The predicted octanol–water partition coefficient (Wildman–Crippen LogP) is 3.65. The van der Waals surface area contributed by atoms with E-state index in [1.807, 2.05) is 30.3 Å². The van der Waals surface area contributed by atoms with Crippen LogP contribution in [0.15, 0.2) is 53.1 Å². The number of rotatable bonds is 4. The zero-order valence-corrected chi connectivity index (χ0v) is 17.2. The van der Waals surface area contributed by atoms with Crippen molar-refractivity contribution in [2.45, 2.75) is 31.3 Å². The van der Waals surface area contributed by atoms with Crippen molar-refractivity contribution in [2.75, 3.05) is 6.54 Å². The highest BCUT2D eigenvalue weighted by molar-refractivity contribution is 9.10. The Kier molecular flexibility index (Phi) is 5.53.